The molecule has 4 amide bonds. The van der Waals surface area contributed by atoms with Gasteiger partial charge < -0.3 is 9.47 Å². The molecule has 7 nitrogen and oxygen atoms in total. The van der Waals surface area contributed by atoms with E-state index in [1.807, 2.05) is 37.3 Å². The molecule has 5 rings (SSSR count). The van der Waals surface area contributed by atoms with Gasteiger partial charge in [-0.3, -0.25) is 14.9 Å². The zero-order valence-electron chi connectivity index (χ0n) is 21.4. The molecule has 0 bridgehead atoms. The van der Waals surface area contributed by atoms with Crippen LogP contribution in [-0.2, 0) is 22.6 Å². The second kappa shape index (κ2) is 11.1. The molecule has 0 spiro atoms. The van der Waals surface area contributed by atoms with Crippen LogP contribution in [0.3, 0.4) is 0 Å². The maximum absolute atomic E-state index is 13.3. The summed E-state index contributed by atoms with van der Waals surface area (Å²) in [6, 6.07) is 23.9. The van der Waals surface area contributed by atoms with E-state index in [1.54, 1.807) is 24.3 Å². The van der Waals surface area contributed by atoms with Crippen molar-refractivity contribution in [1.29, 1.82) is 0 Å². The van der Waals surface area contributed by atoms with Crippen LogP contribution < -0.4 is 19.7 Å². The van der Waals surface area contributed by atoms with Crippen molar-refractivity contribution < 1.29 is 23.9 Å². The lowest BCUT2D eigenvalue weighted by molar-refractivity contribution is -0.122. The minimum absolute atomic E-state index is 0.179. The Bertz CT molecular complexity index is 1630. The molecule has 1 aliphatic heterocycles. The Labute approximate surface area is 234 Å². The van der Waals surface area contributed by atoms with Gasteiger partial charge in [0.1, 0.15) is 12.2 Å². The highest BCUT2D eigenvalue weighted by atomic mass is 79.9. The molecule has 1 fully saturated rings. The van der Waals surface area contributed by atoms with E-state index in [9.17, 15) is 14.4 Å². The van der Waals surface area contributed by atoms with Gasteiger partial charge in [-0.1, -0.05) is 71.4 Å². The van der Waals surface area contributed by atoms with Crippen LogP contribution in [0.4, 0.5) is 10.5 Å². The van der Waals surface area contributed by atoms with Crippen LogP contribution in [0, 0.1) is 0 Å². The lowest BCUT2D eigenvalue weighted by Gasteiger charge is -2.26. The summed E-state index contributed by atoms with van der Waals surface area (Å²) in [6.45, 7) is 2.34. The summed E-state index contributed by atoms with van der Waals surface area (Å²) in [5, 5.41) is 4.53. The number of urea groups is 1. The first-order valence-electron chi connectivity index (χ1n) is 12.4. The molecule has 1 N–H and O–H groups in total. The minimum atomic E-state index is -0.791. The van der Waals surface area contributed by atoms with Gasteiger partial charge in [-0.25, -0.2) is 9.69 Å². The molecule has 1 heterocycles. The summed E-state index contributed by atoms with van der Waals surface area (Å²) in [5.41, 5.74) is 2.77. The zero-order valence-corrected chi connectivity index (χ0v) is 22.9. The number of hydrogen-bond acceptors (Lipinski definition) is 5. The van der Waals surface area contributed by atoms with Gasteiger partial charge in [-0.2, -0.15) is 0 Å². The largest absolute Gasteiger partial charge is 0.493 e. The molecule has 39 heavy (non-hydrogen) atoms. The van der Waals surface area contributed by atoms with Gasteiger partial charge in [0.25, 0.3) is 11.8 Å². The van der Waals surface area contributed by atoms with E-state index in [4.69, 9.17) is 9.47 Å². The summed E-state index contributed by atoms with van der Waals surface area (Å²) < 4.78 is 12.2. The van der Waals surface area contributed by atoms with Gasteiger partial charge >= 0.3 is 6.03 Å². The number of carbonyl (C=O) groups is 3. The normalized spacial score (nSPS) is 14.6. The van der Waals surface area contributed by atoms with Crippen LogP contribution in [0.5, 0.6) is 11.5 Å². The van der Waals surface area contributed by atoms with E-state index in [0.29, 0.717) is 33.8 Å². The average molecular weight is 585 g/mol. The number of benzene rings is 4. The molecule has 4 aromatic rings. The number of imide groups is 2. The third-order valence-electron chi connectivity index (χ3n) is 6.50. The fourth-order valence-corrected chi connectivity index (χ4v) is 4.79. The lowest BCUT2D eigenvalue weighted by atomic mass is 10.1. The first kappa shape index (κ1) is 26.2. The molecule has 0 saturated carbocycles. The number of methoxy groups -OCH3 is 1. The van der Waals surface area contributed by atoms with Gasteiger partial charge in [-0.05, 0) is 70.3 Å². The van der Waals surface area contributed by atoms with Crippen LogP contribution in [0.1, 0.15) is 23.6 Å². The van der Waals surface area contributed by atoms with Gasteiger partial charge in [0.05, 0.1) is 12.8 Å². The number of ether oxygens (including phenoxy) is 2. The number of fused-ring (bicyclic) bond motifs is 1. The van der Waals surface area contributed by atoms with Crippen molar-refractivity contribution in [1.82, 2.24) is 5.32 Å². The highest BCUT2D eigenvalue weighted by molar-refractivity contribution is 9.10. The van der Waals surface area contributed by atoms with Crippen molar-refractivity contribution in [2.24, 2.45) is 0 Å². The molecule has 1 saturated heterocycles. The predicted octanol–water partition coefficient (Wildman–Crippen LogP) is 6.42. The Morgan fingerprint density at radius 3 is 2.31 bits per heavy atom. The Morgan fingerprint density at radius 1 is 0.872 bits per heavy atom. The monoisotopic (exact) mass is 584 g/mol. The van der Waals surface area contributed by atoms with Crippen LogP contribution in [0.25, 0.3) is 16.8 Å². The van der Waals surface area contributed by atoms with E-state index in [0.717, 1.165) is 33.2 Å². The summed E-state index contributed by atoms with van der Waals surface area (Å²) in [4.78, 5) is 39.5. The van der Waals surface area contributed by atoms with E-state index in [2.05, 4.69) is 45.5 Å². The number of nitrogens with one attached hydrogen (secondary N) is 1. The lowest BCUT2D eigenvalue weighted by Crippen LogP contribution is -2.54. The van der Waals surface area contributed by atoms with Gasteiger partial charge in [0, 0.05) is 4.47 Å². The van der Waals surface area contributed by atoms with Crippen LogP contribution in [0.2, 0.25) is 0 Å². The molecule has 4 aromatic carbocycles. The van der Waals surface area contributed by atoms with Crippen molar-refractivity contribution in [2.45, 2.75) is 20.0 Å². The van der Waals surface area contributed by atoms with Crippen molar-refractivity contribution in [3.8, 4) is 11.5 Å². The van der Waals surface area contributed by atoms with E-state index >= 15 is 0 Å². The van der Waals surface area contributed by atoms with E-state index in [1.165, 1.54) is 13.2 Å². The number of halogens is 1. The quantitative estimate of drug-likeness (QED) is 0.200. The van der Waals surface area contributed by atoms with Gasteiger partial charge in [-0.15, -0.1) is 0 Å². The number of hydrogen-bond donors (Lipinski definition) is 1. The SMILES string of the molecule is CCc1ccc(N2C(=O)NC(=O)/C(=C/c3cc(OC)c(OCc4ccc5ccccc5c4)cc3Br)C2=O)cc1. The number of rotatable bonds is 7. The molecule has 0 aromatic heterocycles. The first-order valence-corrected chi connectivity index (χ1v) is 13.2. The molecular formula is C31H25BrN2O5. The Balaban J connectivity index is 1.41. The van der Waals surface area contributed by atoms with Crippen molar-refractivity contribution in [3.05, 3.63) is 106 Å². The van der Waals surface area contributed by atoms with E-state index < -0.39 is 17.8 Å². The highest BCUT2D eigenvalue weighted by Crippen LogP contribution is 2.36. The molecule has 196 valence electrons. The van der Waals surface area contributed by atoms with Crippen molar-refractivity contribution in [3.63, 3.8) is 0 Å². The second-order valence-electron chi connectivity index (χ2n) is 8.97. The summed E-state index contributed by atoms with van der Waals surface area (Å²) in [6.07, 6.45) is 2.25. The Morgan fingerprint density at radius 2 is 1.59 bits per heavy atom. The summed E-state index contributed by atoms with van der Waals surface area (Å²) in [5.74, 6) is -0.561. The fourth-order valence-electron chi connectivity index (χ4n) is 4.35. The Kier molecular flexibility index (Phi) is 7.47. The third kappa shape index (κ3) is 5.42. The maximum Gasteiger partial charge on any atom is 0.335 e. The zero-order chi connectivity index (χ0) is 27.5. The molecule has 0 aliphatic carbocycles. The second-order valence-corrected chi connectivity index (χ2v) is 9.83. The average Bonchev–Trinajstić information content (AvgIpc) is 2.95. The first-order chi connectivity index (χ1) is 18.9. The predicted molar refractivity (Wildman–Crippen MR) is 154 cm³/mol. The number of anilines is 1. The number of nitrogens with zero attached hydrogens (tertiary/aromatic N) is 1. The van der Waals surface area contributed by atoms with Crippen LogP contribution >= 0.6 is 15.9 Å². The fraction of sp³-hybridized carbons (Fsp3) is 0.129. The number of aryl methyl sites for hydroxylation is 1. The smallest absolute Gasteiger partial charge is 0.335 e. The molecule has 8 heteroatoms. The molecule has 1 aliphatic rings. The molecular weight excluding hydrogens is 560 g/mol. The standard InChI is InChI=1S/C31H25BrN2O5/c1-3-19-9-12-24(13-10-19)34-30(36)25(29(35)33-31(34)37)15-23-16-27(38-2)28(17-26(23)32)39-18-20-8-11-21-6-4-5-7-22(21)14-20/h4-17H,3,18H2,1-2H3,(H,33,35,37)/b25-15-. The van der Waals surface area contributed by atoms with Gasteiger partial charge in [0.2, 0.25) is 0 Å². The van der Waals surface area contributed by atoms with Crippen molar-refractivity contribution >= 4 is 56.3 Å². The highest BCUT2D eigenvalue weighted by Gasteiger charge is 2.37. The Hall–Kier alpha value is -4.43. The van der Waals surface area contributed by atoms with Gasteiger partial charge in [0.15, 0.2) is 11.5 Å². The van der Waals surface area contributed by atoms with Crippen LogP contribution in [-0.4, -0.2) is 25.0 Å². The van der Waals surface area contributed by atoms with Crippen LogP contribution in [0.15, 0.2) is 88.9 Å². The van der Waals surface area contributed by atoms with E-state index in [-0.39, 0.29) is 5.57 Å². The maximum atomic E-state index is 13.3. The summed E-state index contributed by atoms with van der Waals surface area (Å²) >= 11 is 3.52. The topological polar surface area (TPSA) is 84.9 Å². The molecule has 0 atom stereocenters. The molecule has 0 radical (unpaired) electrons. The third-order valence-corrected chi connectivity index (χ3v) is 7.18. The summed E-state index contributed by atoms with van der Waals surface area (Å²) in [7, 11) is 1.52. The number of barbiturate groups is 1. The number of carbonyl (C=O) groups excluding carboxylic acids is 3. The molecule has 0 unspecified atom stereocenters. The number of amides is 4. The minimum Gasteiger partial charge on any atom is -0.493 e. The van der Waals surface area contributed by atoms with Crippen molar-refractivity contribution in [2.75, 3.05) is 12.0 Å².